The van der Waals surface area contributed by atoms with E-state index >= 15 is 0 Å². The Morgan fingerprint density at radius 2 is 0.975 bits per heavy atom. The molecule has 0 heterocycles. The van der Waals surface area contributed by atoms with Gasteiger partial charge >= 0.3 is 0 Å². The molecule has 204 valence electrons. The first kappa shape index (κ1) is 28.1. The van der Waals surface area contributed by atoms with E-state index in [1.165, 1.54) is 0 Å². The predicted octanol–water partition coefficient (Wildman–Crippen LogP) is 8.68. The van der Waals surface area contributed by atoms with Crippen LogP contribution in [0.15, 0.2) is 107 Å². The van der Waals surface area contributed by atoms with E-state index in [1.807, 2.05) is 76.2 Å². The van der Waals surface area contributed by atoms with Crippen molar-refractivity contribution in [3.63, 3.8) is 0 Å². The zero-order valence-electron chi connectivity index (χ0n) is 23.1. The van der Waals surface area contributed by atoms with Crippen molar-refractivity contribution < 1.29 is 23.7 Å². The molecule has 0 atom stereocenters. The summed E-state index contributed by atoms with van der Waals surface area (Å²) >= 11 is 0. The van der Waals surface area contributed by atoms with Crippen LogP contribution in [-0.4, -0.2) is 30.8 Å². The first-order valence-electron chi connectivity index (χ1n) is 13.1. The fourth-order valence-corrected chi connectivity index (χ4v) is 3.87. The second-order valence-electron chi connectivity index (χ2n) is 8.70. The lowest BCUT2D eigenvalue weighted by Gasteiger charge is -2.09. The van der Waals surface area contributed by atoms with E-state index in [4.69, 9.17) is 18.9 Å². The average molecular weight is 537 g/mol. The van der Waals surface area contributed by atoms with E-state index in [-0.39, 0.29) is 5.78 Å². The van der Waals surface area contributed by atoms with Crippen LogP contribution in [0, 0.1) is 0 Å². The number of rotatable bonds is 10. The van der Waals surface area contributed by atoms with Gasteiger partial charge in [-0.1, -0.05) is 12.1 Å². The van der Waals surface area contributed by atoms with Gasteiger partial charge in [0.1, 0.15) is 23.0 Å². The second-order valence-corrected chi connectivity index (χ2v) is 8.70. The summed E-state index contributed by atoms with van der Waals surface area (Å²) in [6, 6.07) is 28.9. The minimum absolute atomic E-state index is 0.0939. The van der Waals surface area contributed by atoms with Gasteiger partial charge in [0.05, 0.1) is 24.6 Å². The van der Waals surface area contributed by atoms with E-state index in [1.54, 1.807) is 48.5 Å². The number of nitrogens with zero attached hydrogens (tertiary/aromatic N) is 2. The largest absolute Gasteiger partial charge is 0.481 e. The zero-order valence-corrected chi connectivity index (χ0v) is 23.1. The van der Waals surface area contributed by atoms with Gasteiger partial charge in [-0.25, -0.2) is 9.98 Å². The molecule has 40 heavy (non-hydrogen) atoms. The van der Waals surface area contributed by atoms with E-state index < -0.39 is 0 Å². The number of ketones is 1. The Balaban J connectivity index is 1.38. The van der Waals surface area contributed by atoms with Gasteiger partial charge in [-0.2, -0.15) is 0 Å². The van der Waals surface area contributed by atoms with Crippen molar-refractivity contribution in [3.05, 3.63) is 108 Å². The lowest BCUT2D eigenvalue weighted by Crippen LogP contribution is -2.01. The maximum atomic E-state index is 13.1. The summed E-state index contributed by atoms with van der Waals surface area (Å²) in [6.07, 6.45) is 0. The molecule has 0 aliphatic heterocycles. The van der Waals surface area contributed by atoms with Crippen molar-refractivity contribution >= 4 is 29.0 Å². The molecule has 4 rings (SSSR count). The van der Waals surface area contributed by atoms with Gasteiger partial charge in [-0.3, -0.25) is 4.79 Å². The molecule has 0 saturated heterocycles. The number of benzene rings is 4. The Hall–Kier alpha value is -4.91. The molecule has 0 saturated carbocycles. The third-order valence-electron chi connectivity index (χ3n) is 5.62. The average Bonchev–Trinajstić information content (AvgIpc) is 2.94. The lowest BCUT2D eigenvalue weighted by molar-refractivity contribution is 0.103. The maximum Gasteiger partial charge on any atom is 0.193 e. The standard InChI is InChI=1S/C33H32N2O5/c1-5-37-23(3)34-27-9-7-11-31(21-27)39-29-17-13-25(14-18-29)33(36)26-15-19-30(20-16-26)40-32-12-8-10-28(22-32)35-24(4)38-6-2/h7-22H,5-6H2,1-4H3. The van der Waals surface area contributed by atoms with Gasteiger partial charge in [-0.15, -0.1) is 0 Å². The minimum atomic E-state index is -0.0939. The van der Waals surface area contributed by atoms with Crippen LogP contribution in [0.2, 0.25) is 0 Å². The van der Waals surface area contributed by atoms with Gasteiger partial charge < -0.3 is 18.9 Å². The first-order chi connectivity index (χ1) is 19.4. The Labute approximate surface area is 234 Å². The fourth-order valence-electron chi connectivity index (χ4n) is 3.87. The molecule has 0 spiro atoms. The number of carbonyl (C=O) groups excluding carboxylic acids is 1. The van der Waals surface area contributed by atoms with Crippen LogP contribution < -0.4 is 9.47 Å². The molecule has 0 bridgehead atoms. The predicted molar refractivity (Wildman–Crippen MR) is 158 cm³/mol. The molecule has 0 fully saturated rings. The molecular formula is C33H32N2O5. The van der Waals surface area contributed by atoms with Gasteiger partial charge in [0.25, 0.3) is 0 Å². The van der Waals surface area contributed by atoms with Crippen LogP contribution in [0.4, 0.5) is 11.4 Å². The zero-order chi connectivity index (χ0) is 28.3. The third kappa shape index (κ3) is 8.04. The molecule has 7 heteroatoms. The SMILES string of the molecule is CCOC(C)=Nc1cccc(Oc2ccc(C(=O)c3ccc(Oc4cccc(N=C(C)OCC)c4)cc3)cc2)c1. The molecule has 0 aliphatic carbocycles. The van der Waals surface area contributed by atoms with Crippen molar-refractivity contribution in [1.82, 2.24) is 0 Å². The molecule has 0 amide bonds. The molecule has 0 unspecified atom stereocenters. The maximum absolute atomic E-state index is 13.1. The molecule has 7 nitrogen and oxygen atoms in total. The normalized spacial score (nSPS) is 11.6. The molecule has 4 aromatic carbocycles. The van der Waals surface area contributed by atoms with Crippen LogP contribution in [0.3, 0.4) is 0 Å². The van der Waals surface area contributed by atoms with Crippen LogP contribution in [0.25, 0.3) is 0 Å². The monoisotopic (exact) mass is 536 g/mol. The summed E-state index contributed by atoms with van der Waals surface area (Å²) in [5, 5.41) is 0. The summed E-state index contributed by atoms with van der Waals surface area (Å²) in [6.45, 7) is 8.59. The Morgan fingerprint density at radius 3 is 1.35 bits per heavy atom. The number of aliphatic imine (C=N–C) groups is 2. The fraction of sp³-hybridized carbons (Fsp3) is 0.182. The quantitative estimate of drug-likeness (QED) is 0.115. The lowest BCUT2D eigenvalue weighted by atomic mass is 10.0. The molecule has 0 aliphatic rings. The first-order valence-corrected chi connectivity index (χ1v) is 13.1. The Morgan fingerprint density at radius 1 is 0.575 bits per heavy atom. The summed E-state index contributed by atoms with van der Waals surface area (Å²) in [7, 11) is 0. The smallest absolute Gasteiger partial charge is 0.193 e. The minimum Gasteiger partial charge on any atom is -0.481 e. The van der Waals surface area contributed by atoms with Crippen LogP contribution in [0.5, 0.6) is 23.0 Å². The second kappa shape index (κ2) is 13.8. The van der Waals surface area contributed by atoms with Crippen LogP contribution in [-0.2, 0) is 9.47 Å². The highest BCUT2D eigenvalue weighted by Crippen LogP contribution is 2.28. The highest BCUT2D eigenvalue weighted by Gasteiger charge is 2.10. The summed E-state index contributed by atoms with van der Waals surface area (Å²) in [5.74, 6) is 3.60. The number of hydrogen-bond donors (Lipinski definition) is 0. The van der Waals surface area contributed by atoms with Crippen molar-refractivity contribution in [1.29, 1.82) is 0 Å². The van der Waals surface area contributed by atoms with Crippen LogP contribution >= 0.6 is 0 Å². The summed E-state index contributed by atoms with van der Waals surface area (Å²) < 4.78 is 22.7. The van der Waals surface area contributed by atoms with Gasteiger partial charge in [0.15, 0.2) is 17.6 Å². The third-order valence-corrected chi connectivity index (χ3v) is 5.62. The van der Waals surface area contributed by atoms with Gasteiger partial charge in [-0.05, 0) is 86.6 Å². The van der Waals surface area contributed by atoms with E-state index in [2.05, 4.69) is 9.98 Å². The van der Waals surface area contributed by atoms with E-state index in [0.29, 0.717) is 59.1 Å². The highest BCUT2D eigenvalue weighted by molar-refractivity contribution is 6.09. The van der Waals surface area contributed by atoms with Crippen molar-refractivity contribution in [2.75, 3.05) is 13.2 Å². The van der Waals surface area contributed by atoms with Gasteiger partial charge in [0.2, 0.25) is 0 Å². The summed E-state index contributed by atoms with van der Waals surface area (Å²) in [4.78, 5) is 21.9. The Bertz CT molecular complexity index is 1380. The van der Waals surface area contributed by atoms with Gasteiger partial charge in [0, 0.05) is 37.1 Å². The topological polar surface area (TPSA) is 78.7 Å². The summed E-state index contributed by atoms with van der Waals surface area (Å²) in [5.41, 5.74) is 2.59. The Kier molecular flexibility index (Phi) is 9.67. The van der Waals surface area contributed by atoms with Crippen LogP contribution in [0.1, 0.15) is 43.6 Å². The molecule has 0 radical (unpaired) electrons. The van der Waals surface area contributed by atoms with Crippen molar-refractivity contribution in [2.45, 2.75) is 27.7 Å². The van der Waals surface area contributed by atoms with E-state index in [9.17, 15) is 4.79 Å². The number of carbonyl (C=O) groups is 1. The van der Waals surface area contributed by atoms with Crippen molar-refractivity contribution in [3.8, 4) is 23.0 Å². The molecule has 4 aromatic rings. The van der Waals surface area contributed by atoms with Crippen molar-refractivity contribution in [2.24, 2.45) is 9.98 Å². The molecular weight excluding hydrogens is 504 g/mol. The number of ether oxygens (including phenoxy) is 4. The molecule has 0 aromatic heterocycles. The number of hydrogen-bond acceptors (Lipinski definition) is 7. The molecule has 0 N–H and O–H groups in total. The highest BCUT2D eigenvalue weighted by atomic mass is 16.5. The van der Waals surface area contributed by atoms with E-state index in [0.717, 1.165) is 11.4 Å².